The number of aromatic carboxylic acids is 1. The van der Waals surface area contributed by atoms with E-state index in [1.165, 1.54) is 19.2 Å². The maximum Gasteiger partial charge on any atom is 0.356 e. The van der Waals surface area contributed by atoms with E-state index in [4.69, 9.17) is 16.7 Å². The second kappa shape index (κ2) is 5.49. The summed E-state index contributed by atoms with van der Waals surface area (Å²) < 4.78 is 0. The highest BCUT2D eigenvalue weighted by Gasteiger charge is 2.14. The average molecular weight is 258 g/mol. The monoisotopic (exact) mass is 257 g/mol. The minimum atomic E-state index is -1.22. The lowest BCUT2D eigenvalue weighted by atomic mass is 10.3. The molecule has 0 radical (unpaired) electrons. The van der Waals surface area contributed by atoms with Crippen LogP contribution in [0, 0.1) is 0 Å². The maximum absolute atomic E-state index is 11.3. The number of hydrogen-bond donors (Lipinski definition) is 3. The zero-order chi connectivity index (χ0) is 13.0. The predicted molar refractivity (Wildman–Crippen MR) is 63.4 cm³/mol. The molecule has 1 heterocycles. The molecule has 0 aliphatic rings. The van der Waals surface area contributed by atoms with Crippen molar-refractivity contribution in [2.45, 2.75) is 13.0 Å². The summed E-state index contributed by atoms with van der Waals surface area (Å²) >= 11 is 5.67. The van der Waals surface area contributed by atoms with Gasteiger partial charge in [0.15, 0.2) is 5.69 Å². The molecule has 92 valence electrons. The number of carboxylic acids is 1. The normalized spacial score (nSPS) is 11.7. The van der Waals surface area contributed by atoms with Gasteiger partial charge in [0, 0.05) is 7.05 Å². The second-order valence-corrected chi connectivity index (χ2v) is 3.72. The number of likely N-dealkylation sites (N-methyl/N-ethyl adjacent to an activating group) is 1. The van der Waals surface area contributed by atoms with E-state index in [2.05, 4.69) is 15.6 Å². The third-order valence-electron chi connectivity index (χ3n) is 2.05. The molecule has 3 N–H and O–H groups in total. The Bertz CT molecular complexity index is 450. The Morgan fingerprint density at radius 3 is 2.65 bits per heavy atom. The molecule has 1 unspecified atom stereocenters. The molecule has 0 saturated heterocycles. The summed E-state index contributed by atoms with van der Waals surface area (Å²) in [6, 6.07) is 2.40. The molecule has 0 bridgehead atoms. The van der Waals surface area contributed by atoms with E-state index in [0.717, 1.165) is 0 Å². The van der Waals surface area contributed by atoms with Gasteiger partial charge in [-0.3, -0.25) is 4.79 Å². The molecule has 1 rings (SSSR count). The molecule has 0 aromatic carbocycles. The van der Waals surface area contributed by atoms with Gasteiger partial charge in [-0.2, -0.15) is 0 Å². The number of pyridine rings is 1. The molecule has 1 atom stereocenters. The van der Waals surface area contributed by atoms with Gasteiger partial charge >= 0.3 is 5.97 Å². The number of rotatable bonds is 4. The van der Waals surface area contributed by atoms with Crippen LogP contribution in [0.1, 0.15) is 17.4 Å². The van der Waals surface area contributed by atoms with Crippen LogP contribution < -0.4 is 10.6 Å². The van der Waals surface area contributed by atoms with Crippen molar-refractivity contribution in [1.82, 2.24) is 10.3 Å². The Balaban J connectivity index is 2.90. The molecular formula is C10H12ClN3O3. The van der Waals surface area contributed by atoms with Gasteiger partial charge < -0.3 is 15.7 Å². The van der Waals surface area contributed by atoms with E-state index in [1.807, 2.05) is 0 Å². The van der Waals surface area contributed by atoms with Crippen LogP contribution in [0.4, 0.5) is 5.82 Å². The number of nitrogens with one attached hydrogen (secondary N) is 2. The van der Waals surface area contributed by atoms with Crippen molar-refractivity contribution in [3.63, 3.8) is 0 Å². The van der Waals surface area contributed by atoms with Gasteiger partial charge in [-0.05, 0) is 19.1 Å². The lowest BCUT2D eigenvalue weighted by Gasteiger charge is -2.13. The average Bonchev–Trinajstić information content (AvgIpc) is 2.30. The van der Waals surface area contributed by atoms with Gasteiger partial charge in [0.05, 0.1) is 5.02 Å². The van der Waals surface area contributed by atoms with Crippen LogP contribution in [0.25, 0.3) is 0 Å². The molecule has 0 spiro atoms. The van der Waals surface area contributed by atoms with Crippen molar-refractivity contribution in [2.24, 2.45) is 0 Å². The minimum Gasteiger partial charge on any atom is -0.476 e. The van der Waals surface area contributed by atoms with E-state index in [1.54, 1.807) is 6.92 Å². The summed E-state index contributed by atoms with van der Waals surface area (Å²) in [6.07, 6.45) is 0. The van der Waals surface area contributed by atoms with Gasteiger partial charge in [-0.1, -0.05) is 11.6 Å². The van der Waals surface area contributed by atoms with Crippen LogP contribution in [0.2, 0.25) is 5.02 Å². The smallest absolute Gasteiger partial charge is 0.356 e. The number of carbonyl (C=O) groups excluding carboxylic acids is 1. The number of hydrogen-bond acceptors (Lipinski definition) is 4. The molecule has 6 nitrogen and oxygen atoms in total. The number of carbonyl (C=O) groups is 2. The van der Waals surface area contributed by atoms with Gasteiger partial charge in [-0.25, -0.2) is 9.78 Å². The molecule has 1 aromatic heterocycles. The fourth-order valence-corrected chi connectivity index (χ4v) is 1.36. The van der Waals surface area contributed by atoms with E-state index in [-0.39, 0.29) is 22.4 Å². The highest BCUT2D eigenvalue weighted by atomic mass is 35.5. The van der Waals surface area contributed by atoms with Crippen molar-refractivity contribution in [1.29, 1.82) is 0 Å². The molecule has 0 aliphatic heterocycles. The van der Waals surface area contributed by atoms with Crippen molar-refractivity contribution in [3.05, 3.63) is 22.8 Å². The van der Waals surface area contributed by atoms with Crippen LogP contribution in [0.15, 0.2) is 12.1 Å². The van der Waals surface area contributed by atoms with Crippen LogP contribution in [0.5, 0.6) is 0 Å². The van der Waals surface area contributed by atoms with Gasteiger partial charge in [0.2, 0.25) is 5.91 Å². The first kappa shape index (κ1) is 13.2. The number of anilines is 1. The number of amides is 1. The third-order valence-corrected chi connectivity index (χ3v) is 2.36. The highest BCUT2D eigenvalue weighted by molar-refractivity contribution is 6.33. The topological polar surface area (TPSA) is 91.3 Å². The van der Waals surface area contributed by atoms with Crippen LogP contribution in [-0.2, 0) is 4.79 Å². The molecule has 0 saturated carbocycles. The Morgan fingerprint density at radius 1 is 1.47 bits per heavy atom. The molecule has 1 amide bonds. The molecule has 7 heteroatoms. The van der Waals surface area contributed by atoms with Gasteiger partial charge in [0.1, 0.15) is 11.9 Å². The summed E-state index contributed by atoms with van der Waals surface area (Å²) in [5.41, 5.74) is -0.249. The molecule has 1 aromatic rings. The van der Waals surface area contributed by atoms with E-state index in [0.29, 0.717) is 0 Å². The Kier molecular flexibility index (Phi) is 4.28. The second-order valence-electron chi connectivity index (χ2n) is 3.31. The van der Waals surface area contributed by atoms with Gasteiger partial charge in [0.25, 0.3) is 0 Å². The summed E-state index contributed by atoms with van der Waals surface area (Å²) in [7, 11) is 1.51. The lowest BCUT2D eigenvalue weighted by molar-refractivity contribution is -0.121. The predicted octanol–water partition coefficient (Wildman–Crippen LogP) is 0.980. The van der Waals surface area contributed by atoms with Crippen molar-refractivity contribution < 1.29 is 14.7 Å². The van der Waals surface area contributed by atoms with Crippen LogP contribution in [-0.4, -0.2) is 35.1 Å². The first-order valence-electron chi connectivity index (χ1n) is 4.83. The third kappa shape index (κ3) is 3.32. The zero-order valence-electron chi connectivity index (χ0n) is 9.32. The Labute approximate surface area is 103 Å². The first-order valence-corrected chi connectivity index (χ1v) is 5.21. The fraction of sp³-hybridized carbons (Fsp3) is 0.300. The maximum atomic E-state index is 11.3. The van der Waals surface area contributed by atoms with Crippen LogP contribution >= 0.6 is 11.6 Å². The molecule has 0 fully saturated rings. The highest BCUT2D eigenvalue weighted by Crippen LogP contribution is 2.17. The quantitative estimate of drug-likeness (QED) is 0.748. The SMILES string of the molecule is CNC(=O)C(C)Nc1ccc(Cl)c(C(=O)O)n1. The summed E-state index contributed by atoms with van der Waals surface area (Å²) in [6.45, 7) is 1.63. The van der Waals surface area contributed by atoms with Crippen molar-refractivity contribution in [3.8, 4) is 0 Å². The molecule has 0 aliphatic carbocycles. The van der Waals surface area contributed by atoms with Crippen molar-refractivity contribution >= 4 is 29.3 Å². The number of carboxylic acid groups (broad SMARTS) is 1. The van der Waals surface area contributed by atoms with Crippen molar-refractivity contribution in [2.75, 3.05) is 12.4 Å². The zero-order valence-corrected chi connectivity index (χ0v) is 10.1. The largest absolute Gasteiger partial charge is 0.476 e. The van der Waals surface area contributed by atoms with E-state index < -0.39 is 12.0 Å². The standard InChI is InChI=1S/C10H12ClN3O3/c1-5(9(15)12-2)13-7-4-3-6(11)8(14-7)10(16)17/h3-5H,1-2H3,(H,12,15)(H,13,14)(H,16,17). The number of nitrogens with zero attached hydrogens (tertiary/aromatic N) is 1. The van der Waals surface area contributed by atoms with E-state index >= 15 is 0 Å². The summed E-state index contributed by atoms with van der Waals surface area (Å²) in [4.78, 5) is 25.9. The lowest BCUT2D eigenvalue weighted by Crippen LogP contribution is -2.35. The number of halogens is 1. The van der Waals surface area contributed by atoms with Crippen LogP contribution in [0.3, 0.4) is 0 Å². The summed E-state index contributed by atoms with van der Waals surface area (Å²) in [5.74, 6) is -1.16. The minimum absolute atomic E-state index is 0.0515. The first-order chi connectivity index (χ1) is 7.95. The molecule has 17 heavy (non-hydrogen) atoms. The van der Waals surface area contributed by atoms with Gasteiger partial charge in [-0.15, -0.1) is 0 Å². The number of aromatic nitrogens is 1. The fourth-order valence-electron chi connectivity index (χ4n) is 1.18. The van der Waals surface area contributed by atoms with E-state index in [9.17, 15) is 9.59 Å². The summed E-state index contributed by atoms with van der Waals surface area (Å²) in [5, 5.41) is 14.1. The molecular weight excluding hydrogens is 246 g/mol. The Morgan fingerprint density at radius 2 is 2.12 bits per heavy atom. The Hall–Kier alpha value is -1.82.